The van der Waals surface area contributed by atoms with Crippen LogP contribution in [0.3, 0.4) is 0 Å². The fraction of sp³-hybridized carbons (Fsp3) is 0.211. The third kappa shape index (κ3) is 3.51. The van der Waals surface area contributed by atoms with Crippen molar-refractivity contribution in [3.63, 3.8) is 0 Å². The van der Waals surface area contributed by atoms with Gasteiger partial charge in [-0.2, -0.15) is 4.98 Å². The maximum Gasteiger partial charge on any atom is 0.231 e. The number of aryl methyl sites for hydroxylation is 1. The molecule has 7 heteroatoms. The molecule has 1 aliphatic heterocycles. The Morgan fingerprint density at radius 2 is 1.85 bits per heavy atom. The van der Waals surface area contributed by atoms with E-state index in [9.17, 15) is 4.79 Å². The van der Waals surface area contributed by atoms with E-state index in [1.807, 2.05) is 42.5 Å². The van der Waals surface area contributed by atoms with Crippen molar-refractivity contribution in [1.82, 2.24) is 15.5 Å². The number of carbonyl (C=O) groups is 1. The van der Waals surface area contributed by atoms with Crippen molar-refractivity contribution >= 4 is 5.91 Å². The van der Waals surface area contributed by atoms with Gasteiger partial charge >= 0.3 is 0 Å². The maximum atomic E-state index is 12.2. The highest BCUT2D eigenvalue weighted by Gasteiger charge is 2.14. The Hall–Kier alpha value is -3.35. The first kappa shape index (κ1) is 16.1. The zero-order valence-corrected chi connectivity index (χ0v) is 14.2. The average molecular weight is 351 g/mol. The minimum atomic E-state index is -0.0539. The molecule has 1 aliphatic rings. The predicted octanol–water partition coefficient (Wildman–Crippen LogP) is 2.63. The van der Waals surface area contributed by atoms with Gasteiger partial charge in [0.25, 0.3) is 0 Å². The molecular weight excluding hydrogens is 334 g/mol. The molecule has 0 unspecified atom stereocenters. The summed E-state index contributed by atoms with van der Waals surface area (Å²) in [5.41, 5.74) is 2.75. The van der Waals surface area contributed by atoms with Crippen molar-refractivity contribution < 1.29 is 18.8 Å². The summed E-state index contributed by atoms with van der Waals surface area (Å²) >= 11 is 0. The zero-order valence-electron chi connectivity index (χ0n) is 14.2. The van der Waals surface area contributed by atoms with Crippen LogP contribution in [0.4, 0.5) is 0 Å². The van der Waals surface area contributed by atoms with Gasteiger partial charge < -0.3 is 19.3 Å². The highest BCUT2D eigenvalue weighted by Crippen LogP contribution is 2.32. The molecule has 132 valence electrons. The van der Waals surface area contributed by atoms with Gasteiger partial charge in [-0.05, 0) is 23.3 Å². The second kappa shape index (κ2) is 6.87. The number of carbonyl (C=O) groups excluding carboxylic acids is 1. The fourth-order valence-corrected chi connectivity index (χ4v) is 2.69. The Kier molecular flexibility index (Phi) is 4.27. The normalized spacial score (nSPS) is 12.2. The smallest absolute Gasteiger partial charge is 0.231 e. The van der Waals surface area contributed by atoms with Crippen LogP contribution in [-0.2, 0) is 17.8 Å². The molecule has 0 aliphatic carbocycles. The molecule has 0 atom stereocenters. The Morgan fingerprint density at radius 1 is 1.08 bits per heavy atom. The summed E-state index contributed by atoms with van der Waals surface area (Å²) in [4.78, 5) is 16.4. The molecule has 0 spiro atoms. The first-order chi connectivity index (χ1) is 12.7. The summed E-state index contributed by atoms with van der Waals surface area (Å²) in [5.74, 6) is 2.43. The lowest BCUT2D eigenvalue weighted by atomic mass is 10.1. The van der Waals surface area contributed by atoms with Gasteiger partial charge in [-0.15, -0.1) is 0 Å². The fourth-order valence-electron chi connectivity index (χ4n) is 2.69. The lowest BCUT2D eigenvalue weighted by Crippen LogP contribution is -2.24. The van der Waals surface area contributed by atoms with Crippen molar-refractivity contribution in [3.05, 3.63) is 59.5 Å². The number of amides is 1. The average Bonchev–Trinajstić information content (AvgIpc) is 3.29. The molecule has 1 N–H and O–H groups in total. The Labute approximate surface area is 149 Å². The van der Waals surface area contributed by atoms with Gasteiger partial charge in [0, 0.05) is 19.0 Å². The van der Waals surface area contributed by atoms with Crippen LogP contribution in [0.15, 0.2) is 47.0 Å². The number of ether oxygens (including phenoxy) is 2. The summed E-state index contributed by atoms with van der Waals surface area (Å²) in [6, 6.07) is 13.2. The first-order valence-electron chi connectivity index (χ1n) is 8.22. The number of aromatic nitrogens is 2. The van der Waals surface area contributed by atoms with E-state index in [-0.39, 0.29) is 19.1 Å². The lowest BCUT2D eigenvalue weighted by molar-refractivity contribution is -0.120. The zero-order chi connectivity index (χ0) is 17.9. The van der Waals surface area contributed by atoms with Gasteiger partial charge in [0.1, 0.15) is 0 Å². The molecule has 1 aromatic heterocycles. The Balaban J connectivity index is 1.33. The molecule has 7 nitrogen and oxygen atoms in total. The number of rotatable bonds is 5. The summed E-state index contributed by atoms with van der Waals surface area (Å²) in [7, 11) is 0. The molecule has 3 aromatic rings. The van der Waals surface area contributed by atoms with E-state index in [1.54, 1.807) is 6.92 Å². The van der Waals surface area contributed by atoms with Crippen LogP contribution in [0, 0.1) is 6.92 Å². The van der Waals surface area contributed by atoms with Crippen molar-refractivity contribution in [2.24, 2.45) is 0 Å². The number of hydrogen-bond acceptors (Lipinski definition) is 6. The quantitative estimate of drug-likeness (QED) is 0.760. The topological polar surface area (TPSA) is 86.5 Å². The molecule has 2 aromatic carbocycles. The van der Waals surface area contributed by atoms with Gasteiger partial charge in [-0.25, -0.2) is 0 Å². The summed E-state index contributed by atoms with van der Waals surface area (Å²) in [6.45, 7) is 2.43. The summed E-state index contributed by atoms with van der Waals surface area (Å²) < 4.78 is 15.6. The molecule has 26 heavy (non-hydrogen) atoms. The number of fused-ring (bicyclic) bond motifs is 1. The lowest BCUT2D eigenvalue weighted by Gasteiger charge is -2.07. The molecule has 0 fully saturated rings. The van der Waals surface area contributed by atoms with Crippen molar-refractivity contribution in [1.29, 1.82) is 0 Å². The monoisotopic (exact) mass is 351 g/mol. The van der Waals surface area contributed by atoms with E-state index >= 15 is 0 Å². The standard InChI is InChI=1S/C19H17N3O4/c1-12-21-19(22-26-12)15-5-2-13(3-6-15)10-20-18(23)9-14-4-7-16-17(8-14)25-11-24-16/h2-8H,9-11H2,1H3,(H,20,23). The van der Waals surface area contributed by atoms with E-state index in [1.165, 1.54) is 0 Å². The summed E-state index contributed by atoms with van der Waals surface area (Å²) in [5, 5.41) is 6.80. The van der Waals surface area contributed by atoms with E-state index in [0.29, 0.717) is 29.8 Å². The Bertz CT molecular complexity index is 934. The second-order valence-corrected chi connectivity index (χ2v) is 5.98. The molecule has 0 radical (unpaired) electrons. The van der Waals surface area contributed by atoms with E-state index in [4.69, 9.17) is 14.0 Å². The molecule has 0 bridgehead atoms. The minimum Gasteiger partial charge on any atom is -0.454 e. The third-order valence-electron chi connectivity index (χ3n) is 4.03. The highest BCUT2D eigenvalue weighted by molar-refractivity contribution is 5.78. The maximum absolute atomic E-state index is 12.2. The van der Waals surface area contributed by atoms with Gasteiger partial charge in [0.05, 0.1) is 6.42 Å². The van der Waals surface area contributed by atoms with E-state index < -0.39 is 0 Å². The number of benzene rings is 2. The minimum absolute atomic E-state index is 0.0539. The van der Waals surface area contributed by atoms with Gasteiger partial charge in [-0.1, -0.05) is 35.5 Å². The van der Waals surface area contributed by atoms with Gasteiger partial charge in [0.2, 0.25) is 24.4 Å². The van der Waals surface area contributed by atoms with Crippen LogP contribution in [0.5, 0.6) is 11.5 Å². The van der Waals surface area contributed by atoms with Crippen molar-refractivity contribution in [2.75, 3.05) is 6.79 Å². The highest BCUT2D eigenvalue weighted by atomic mass is 16.7. The predicted molar refractivity (Wildman–Crippen MR) is 92.6 cm³/mol. The molecule has 4 rings (SSSR count). The van der Waals surface area contributed by atoms with Gasteiger partial charge in [0.15, 0.2) is 11.5 Å². The number of hydrogen-bond donors (Lipinski definition) is 1. The molecule has 0 saturated heterocycles. The van der Waals surface area contributed by atoms with Crippen LogP contribution >= 0.6 is 0 Å². The first-order valence-corrected chi connectivity index (χ1v) is 8.22. The Morgan fingerprint density at radius 3 is 2.62 bits per heavy atom. The largest absolute Gasteiger partial charge is 0.454 e. The van der Waals surface area contributed by atoms with Crippen LogP contribution < -0.4 is 14.8 Å². The number of nitrogens with zero attached hydrogens (tertiary/aromatic N) is 2. The SMILES string of the molecule is Cc1nc(-c2ccc(CNC(=O)Cc3ccc4c(c3)OCO4)cc2)no1. The molecule has 2 heterocycles. The van der Waals surface area contributed by atoms with Crippen LogP contribution in [-0.4, -0.2) is 22.8 Å². The van der Waals surface area contributed by atoms with E-state index in [2.05, 4.69) is 15.5 Å². The second-order valence-electron chi connectivity index (χ2n) is 5.98. The van der Waals surface area contributed by atoms with Crippen LogP contribution in [0.25, 0.3) is 11.4 Å². The molecule has 1 amide bonds. The molecular formula is C19H17N3O4. The van der Waals surface area contributed by atoms with Crippen molar-refractivity contribution in [2.45, 2.75) is 19.9 Å². The van der Waals surface area contributed by atoms with Crippen LogP contribution in [0.1, 0.15) is 17.0 Å². The van der Waals surface area contributed by atoms with E-state index in [0.717, 1.165) is 16.7 Å². The number of nitrogens with one attached hydrogen (secondary N) is 1. The van der Waals surface area contributed by atoms with Gasteiger partial charge in [-0.3, -0.25) is 4.79 Å². The van der Waals surface area contributed by atoms with Crippen LogP contribution in [0.2, 0.25) is 0 Å². The van der Waals surface area contributed by atoms with Crippen molar-refractivity contribution in [3.8, 4) is 22.9 Å². The molecule has 0 saturated carbocycles. The summed E-state index contributed by atoms with van der Waals surface area (Å²) in [6.07, 6.45) is 0.289. The third-order valence-corrected chi connectivity index (χ3v) is 4.03.